The Kier molecular flexibility index (Phi) is 5.65. The maximum Gasteiger partial charge on any atom is 0.271 e. The van der Waals surface area contributed by atoms with Crippen LogP contribution in [0.2, 0.25) is 5.02 Å². The molecule has 0 unspecified atom stereocenters. The zero-order valence-corrected chi connectivity index (χ0v) is 16.1. The minimum Gasteiger partial charge on any atom is -0.367 e. The lowest BCUT2D eigenvalue weighted by molar-refractivity contribution is -0.384. The number of nitrogens with zero attached hydrogens (tertiary/aromatic N) is 3. The van der Waals surface area contributed by atoms with Gasteiger partial charge in [0, 0.05) is 43.9 Å². The van der Waals surface area contributed by atoms with Crippen molar-refractivity contribution in [2.75, 3.05) is 31.1 Å². The summed E-state index contributed by atoms with van der Waals surface area (Å²) < 4.78 is 0. The fraction of sp³-hybridized carbons (Fsp3) is 0.350. The summed E-state index contributed by atoms with van der Waals surface area (Å²) in [6, 6.07) is 12.3. The van der Waals surface area contributed by atoms with E-state index in [9.17, 15) is 14.9 Å². The summed E-state index contributed by atoms with van der Waals surface area (Å²) in [7, 11) is 0. The number of carbonyl (C=O) groups is 1. The van der Waals surface area contributed by atoms with Gasteiger partial charge in [0.2, 0.25) is 0 Å². The monoisotopic (exact) mass is 387 g/mol. The quantitative estimate of drug-likeness (QED) is 0.578. The first-order valence-electron chi connectivity index (χ1n) is 8.95. The van der Waals surface area contributed by atoms with Crippen LogP contribution in [0.3, 0.4) is 0 Å². The minimum absolute atomic E-state index is 0.0255. The Morgan fingerprint density at radius 3 is 2.22 bits per heavy atom. The van der Waals surface area contributed by atoms with Crippen LogP contribution in [0.4, 0.5) is 11.4 Å². The van der Waals surface area contributed by atoms with E-state index in [1.54, 1.807) is 6.07 Å². The van der Waals surface area contributed by atoms with E-state index in [-0.39, 0.29) is 11.6 Å². The SMILES string of the molecule is CC(C)c1ccc(C(=O)N2CCN(c3ccc([N+](=O)[O-])cc3Cl)CC2)cc1. The number of nitro benzene ring substituents is 1. The molecule has 0 atom stereocenters. The summed E-state index contributed by atoms with van der Waals surface area (Å²) in [5.74, 6) is 0.462. The number of halogens is 1. The number of carbonyl (C=O) groups excluding carboxylic acids is 1. The highest BCUT2D eigenvalue weighted by Gasteiger charge is 2.24. The standard InChI is InChI=1S/C20H22ClN3O3/c1-14(2)15-3-5-16(6-4-15)20(25)23-11-9-22(10-12-23)19-8-7-17(24(26)27)13-18(19)21/h3-8,13-14H,9-12H2,1-2H3. The normalized spacial score (nSPS) is 14.5. The van der Waals surface area contributed by atoms with Crippen molar-refractivity contribution in [1.29, 1.82) is 0 Å². The summed E-state index contributed by atoms with van der Waals surface area (Å²) in [5, 5.41) is 11.2. The van der Waals surface area contributed by atoms with Gasteiger partial charge in [-0.05, 0) is 29.7 Å². The minimum atomic E-state index is -0.461. The number of amides is 1. The lowest BCUT2D eigenvalue weighted by Gasteiger charge is -2.36. The van der Waals surface area contributed by atoms with Crippen LogP contribution in [0.5, 0.6) is 0 Å². The van der Waals surface area contributed by atoms with E-state index < -0.39 is 4.92 Å². The molecule has 1 saturated heterocycles. The topological polar surface area (TPSA) is 66.7 Å². The summed E-state index contributed by atoms with van der Waals surface area (Å²) >= 11 is 6.22. The molecule has 1 heterocycles. The Morgan fingerprint density at radius 1 is 1.07 bits per heavy atom. The van der Waals surface area contributed by atoms with Gasteiger partial charge in [0.1, 0.15) is 0 Å². The van der Waals surface area contributed by atoms with E-state index >= 15 is 0 Å². The first-order valence-corrected chi connectivity index (χ1v) is 9.32. The summed E-state index contributed by atoms with van der Waals surface area (Å²) in [6.07, 6.45) is 0. The molecule has 0 N–H and O–H groups in total. The number of hydrogen-bond donors (Lipinski definition) is 0. The van der Waals surface area contributed by atoms with E-state index in [0.29, 0.717) is 42.7 Å². The number of anilines is 1. The van der Waals surface area contributed by atoms with Crippen LogP contribution >= 0.6 is 11.6 Å². The zero-order chi connectivity index (χ0) is 19.6. The second-order valence-electron chi connectivity index (χ2n) is 6.95. The molecule has 2 aromatic rings. The van der Waals surface area contributed by atoms with Gasteiger partial charge in [-0.15, -0.1) is 0 Å². The third-order valence-electron chi connectivity index (χ3n) is 4.87. The lowest BCUT2D eigenvalue weighted by atomic mass is 10.0. The molecular weight excluding hydrogens is 366 g/mol. The first kappa shape index (κ1) is 19.2. The predicted molar refractivity (Wildman–Crippen MR) is 107 cm³/mol. The van der Waals surface area contributed by atoms with Crippen LogP contribution < -0.4 is 4.90 Å². The van der Waals surface area contributed by atoms with Gasteiger partial charge in [0.25, 0.3) is 11.6 Å². The van der Waals surface area contributed by atoms with Crippen molar-refractivity contribution in [3.8, 4) is 0 Å². The Bertz CT molecular complexity index is 844. The summed E-state index contributed by atoms with van der Waals surface area (Å²) in [6.45, 7) is 6.68. The van der Waals surface area contributed by atoms with Crippen LogP contribution in [-0.2, 0) is 0 Å². The fourth-order valence-corrected chi connectivity index (χ4v) is 3.50. The van der Waals surface area contributed by atoms with E-state index in [2.05, 4.69) is 18.7 Å². The summed E-state index contributed by atoms with van der Waals surface area (Å²) in [4.78, 5) is 27.0. The number of benzene rings is 2. The van der Waals surface area contributed by atoms with Crippen LogP contribution in [0.25, 0.3) is 0 Å². The second kappa shape index (κ2) is 7.96. The number of piperazine rings is 1. The van der Waals surface area contributed by atoms with Gasteiger partial charge >= 0.3 is 0 Å². The molecule has 7 heteroatoms. The highest BCUT2D eigenvalue weighted by molar-refractivity contribution is 6.33. The van der Waals surface area contributed by atoms with Gasteiger partial charge in [0.05, 0.1) is 15.6 Å². The number of non-ortho nitro benzene ring substituents is 1. The lowest BCUT2D eigenvalue weighted by Crippen LogP contribution is -2.48. The van der Waals surface area contributed by atoms with Gasteiger partial charge in [-0.3, -0.25) is 14.9 Å². The van der Waals surface area contributed by atoms with Crippen molar-refractivity contribution in [1.82, 2.24) is 4.90 Å². The van der Waals surface area contributed by atoms with Crippen molar-refractivity contribution < 1.29 is 9.72 Å². The molecule has 1 fully saturated rings. The van der Waals surface area contributed by atoms with Gasteiger partial charge in [-0.25, -0.2) is 0 Å². The van der Waals surface area contributed by atoms with Crippen molar-refractivity contribution >= 4 is 28.9 Å². The molecule has 0 aromatic heterocycles. The maximum atomic E-state index is 12.7. The average Bonchev–Trinajstić information content (AvgIpc) is 2.67. The molecule has 3 rings (SSSR count). The molecule has 1 aliphatic heterocycles. The fourth-order valence-electron chi connectivity index (χ4n) is 3.21. The molecule has 6 nitrogen and oxygen atoms in total. The maximum absolute atomic E-state index is 12.7. The highest BCUT2D eigenvalue weighted by Crippen LogP contribution is 2.30. The summed E-state index contributed by atoms with van der Waals surface area (Å²) in [5.41, 5.74) is 2.64. The third kappa shape index (κ3) is 4.22. The van der Waals surface area contributed by atoms with Gasteiger partial charge in [-0.1, -0.05) is 37.6 Å². The van der Waals surface area contributed by atoms with Gasteiger partial charge in [-0.2, -0.15) is 0 Å². The molecule has 0 spiro atoms. The number of nitro groups is 1. The Labute approximate surface area is 163 Å². The zero-order valence-electron chi connectivity index (χ0n) is 15.4. The Hall–Kier alpha value is -2.60. The second-order valence-corrected chi connectivity index (χ2v) is 7.36. The predicted octanol–water partition coefficient (Wildman–Crippen LogP) is 4.33. The molecule has 0 bridgehead atoms. The number of hydrogen-bond acceptors (Lipinski definition) is 4. The Balaban J connectivity index is 1.64. The smallest absolute Gasteiger partial charge is 0.271 e. The Morgan fingerprint density at radius 2 is 1.70 bits per heavy atom. The van der Waals surface area contributed by atoms with Crippen molar-refractivity contribution in [3.05, 3.63) is 68.7 Å². The van der Waals surface area contributed by atoms with E-state index in [1.165, 1.54) is 17.7 Å². The van der Waals surface area contributed by atoms with Crippen molar-refractivity contribution in [2.45, 2.75) is 19.8 Å². The largest absolute Gasteiger partial charge is 0.367 e. The molecule has 1 amide bonds. The third-order valence-corrected chi connectivity index (χ3v) is 5.18. The number of rotatable bonds is 4. The first-order chi connectivity index (χ1) is 12.9. The molecule has 0 aliphatic carbocycles. The molecule has 142 valence electrons. The van der Waals surface area contributed by atoms with Crippen LogP contribution in [0.15, 0.2) is 42.5 Å². The molecule has 0 radical (unpaired) electrons. The molecule has 0 saturated carbocycles. The van der Waals surface area contributed by atoms with E-state index in [4.69, 9.17) is 11.6 Å². The molecule has 1 aliphatic rings. The molecular formula is C20H22ClN3O3. The molecule has 27 heavy (non-hydrogen) atoms. The van der Waals surface area contributed by atoms with Crippen LogP contribution in [-0.4, -0.2) is 41.9 Å². The highest BCUT2D eigenvalue weighted by atomic mass is 35.5. The average molecular weight is 388 g/mol. The van der Waals surface area contributed by atoms with E-state index in [0.717, 1.165) is 5.69 Å². The molecule has 2 aromatic carbocycles. The van der Waals surface area contributed by atoms with Gasteiger partial charge < -0.3 is 9.80 Å². The van der Waals surface area contributed by atoms with Crippen molar-refractivity contribution in [2.24, 2.45) is 0 Å². The van der Waals surface area contributed by atoms with Crippen molar-refractivity contribution in [3.63, 3.8) is 0 Å². The van der Waals surface area contributed by atoms with E-state index in [1.807, 2.05) is 29.2 Å². The van der Waals surface area contributed by atoms with Crippen LogP contribution in [0, 0.1) is 10.1 Å². The van der Waals surface area contributed by atoms with Gasteiger partial charge in [0.15, 0.2) is 0 Å². The van der Waals surface area contributed by atoms with Crippen LogP contribution in [0.1, 0.15) is 35.7 Å².